The highest BCUT2D eigenvalue weighted by atomic mass is 16.8. The predicted octanol–water partition coefficient (Wildman–Crippen LogP) is 1.16. The van der Waals surface area contributed by atoms with Gasteiger partial charge in [0.05, 0.1) is 43.2 Å². The monoisotopic (exact) mass is 866 g/mol. The average Bonchev–Trinajstić information content (AvgIpc) is 3.67. The summed E-state index contributed by atoms with van der Waals surface area (Å²) in [6, 6.07) is 0. The molecule has 3 saturated carbocycles. The Morgan fingerprint density at radius 2 is 1.30 bits per heavy atom. The summed E-state index contributed by atoms with van der Waals surface area (Å²) >= 11 is 0. The number of allylic oxidation sites excluding steroid dienone is 1. The van der Waals surface area contributed by atoms with Crippen molar-refractivity contribution in [2.75, 3.05) is 6.61 Å². The molecule has 8 fully saturated rings. The van der Waals surface area contributed by atoms with E-state index >= 15 is 0 Å². The fourth-order valence-electron chi connectivity index (χ4n) is 13.8. The number of aliphatic hydroxyl groups excluding tert-OH is 8. The maximum Gasteiger partial charge on any atom is 0.187 e. The van der Waals surface area contributed by atoms with Crippen LogP contribution in [0.3, 0.4) is 0 Å². The van der Waals surface area contributed by atoms with E-state index in [1.807, 2.05) is 0 Å². The molecule has 1 spiro atoms. The van der Waals surface area contributed by atoms with Gasteiger partial charge in [0.25, 0.3) is 0 Å². The molecule has 0 aromatic carbocycles. The number of hydrogen-bond acceptors (Lipinski definition) is 16. The fraction of sp³-hybridized carbons (Fsp3) is 0.911. The van der Waals surface area contributed by atoms with E-state index in [9.17, 15) is 40.9 Å². The molecular formula is C45H70O16. The largest absolute Gasteiger partial charge is 0.388 e. The zero-order chi connectivity index (χ0) is 43.7. The van der Waals surface area contributed by atoms with Crippen LogP contribution in [0.2, 0.25) is 0 Å². The summed E-state index contributed by atoms with van der Waals surface area (Å²) in [4.78, 5) is 0. The molecule has 16 heteroatoms. The van der Waals surface area contributed by atoms with Crippen molar-refractivity contribution in [2.45, 2.75) is 209 Å². The third kappa shape index (κ3) is 7.17. The highest BCUT2D eigenvalue weighted by Crippen LogP contribution is 2.71. The smallest absolute Gasteiger partial charge is 0.187 e. The van der Waals surface area contributed by atoms with Crippen molar-refractivity contribution < 1.29 is 78.7 Å². The Morgan fingerprint density at radius 1 is 0.689 bits per heavy atom. The van der Waals surface area contributed by atoms with Crippen molar-refractivity contribution in [2.24, 2.45) is 40.4 Å². The zero-order valence-corrected chi connectivity index (χ0v) is 36.3. The maximum atomic E-state index is 11.6. The molecule has 9 rings (SSSR count). The molecular weight excluding hydrogens is 796 g/mol. The molecule has 0 aromatic heterocycles. The molecule has 0 bridgehead atoms. The van der Waals surface area contributed by atoms with E-state index in [4.69, 9.17) is 37.9 Å². The van der Waals surface area contributed by atoms with E-state index in [1.165, 1.54) is 6.92 Å². The minimum atomic E-state index is -1.68. The first-order valence-corrected chi connectivity index (χ1v) is 22.8. The molecule has 5 saturated heterocycles. The molecule has 26 atom stereocenters. The molecule has 16 nitrogen and oxygen atoms in total. The Morgan fingerprint density at radius 3 is 1.92 bits per heavy atom. The third-order valence-corrected chi connectivity index (χ3v) is 17.5. The van der Waals surface area contributed by atoms with E-state index in [-0.39, 0.29) is 23.4 Å². The Hall–Kier alpha value is -1.16. The van der Waals surface area contributed by atoms with Crippen LogP contribution in [-0.2, 0) is 37.9 Å². The molecule has 5 aliphatic heterocycles. The van der Waals surface area contributed by atoms with Gasteiger partial charge in [-0.15, -0.1) is 0 Å². The summed E-state index contributed by atoms with van der Waals surface area (Å²) in [5.74, 6) is 0.839. The van der Waals surface area contributed by atoms with Gasteiger partial charge in [-0.2, -0.15) is 0 Å². The van der Waals surface area contributed by atoms with E-state index < -0.39 is 116 Å². The summed E-state index contributed by atoms with van der Waals surface area (Å²) in [6.45, 7) is 16.5. The van der Waals surface area contributed by atoms with Crippen LogP contribution in [0, 0.1) is 40.4 Å². The van der Waals surface area contributed by atoms with Gasteiger partial charge in [-0.1, -0.05) is 44.6 Å². The van der Waals surface area contributed by atoms with Gasteiger partial charge in [0, 0.05) is 24.2 Å². The predicted molar refractivity (Wildman–Crippen MR) is 213 cm³/mol. The molecule has 0 radical (unpaired) electrons. The molecule has 0 aromatic rings. The number of fused-ring (bicyclic) bond motifs is 7. The van der Waals surface area contributed by atoms with Crippen molar-refractivity contribution in [3.63, 3.8) is 0 Å². The first-order chi connectivity index (χ1) is 28.8. The second kappa shape index (κ2) is 16.3. The van der Waals surface area contributed by atoms with Crippen LogP contribution in [0.25, 0.3) is 0 Å². The van der Waals surface area contributed by atoms with E-state index in [0.29, 0.717) is 37.2 Å². The number of aliphatic hydroxyl groups is 8. The third-order valence-electron chi connectivity index (χ3n) is 17.5. The summed E-state index contributed by atoms with van der Waals surface area (Å²) in [7, 11) is 0. The first kappa shape index (κ1) is 45.0. The van der Waals surface area contributed by atoms with Gasteiger partial charge in [0.2, 0.25) is 0 Å². The normalized spacial score (nSPS) is 58.4. The quantitative estimate of drug-likeness (QED) is 0.175. The zero-order valence-electron chi connectivity index (χ0n) is 36.3. The van der Waals surface area contributed by atoms with Crippen LogP contribution in [0.1, 0.15) is 92.9 Å². The molecule has 9 aliphatic rings. The summed E-state index contributed by atoms with van der Waals surface area (Å²) in [6.07, 6.45) is -12.4. The van der Waals surface area contributed by atoms with Crippen LogP contribution in [-0.4, -0.2) is 164 Å². The van der Waals surface area contributed by atoms with Gasteiger partial charge in [0.15, 0.2) is 24.7 Å². The van der Waals surface area contributed by atoms with Gasteiger partial charge in [-0.3, -0.25) is 0 Å². The highest BCUT2D eigenvalue weighted by Gasteiger charge is 2.70. The minimum Gasteiger partial charge on any atom is -0.388 e. The molecule has 61 heavy (non-hydrogen) atoms. The second-order valence-corrected chi connectivity index (χ2v) is 20.7. The number of ether oxygens (including phenoxy) is 8. The van der Waals surface area contributed by atoms with Gasteiger partial charge in [0.1, 0.15) is 54.9 Å². The van der Waals surface area contributed by atoms with E-state index in [1.54, 1.807) is 13.8 Å². The van der Waals surface area contributed by atoms with Gasteiger partial charge in [-0.05, 0) is 88.4 Å². The highest BCUT2D eigenvalue weighted by molar-refractivity contribution is 5.29. The summed E-state index contributed by atoms with van der Waals surface area (Å²) in [5.41, 5.74) is 1.68. The Balaban J connectivity index is 1.02. The van der Waals surface area contributed by atoms with Crippen molar-refractivity contribution in [1.82, 2.24) is 0 Å². The van der Waals surface area contributed by atoms with Gasteiger partial charge in [-0.25, -0.2) is 0 Å². The van der Waals surface area contributed by atoms with Gasteiger partial charge >= 0.3 is 0 Å². The lowest BCUT2D eigenvalue weighted by molar-refractivity contribution is -0.373. The van der Waals surface area contributed by atoms with E-state index in [0.717, 1.165) is 49.7 Å². The minimum absolute atomic E-state index is 0.0265. The number of hydrogen-bond donors (Lipinski definition) is 8. The number of rotatable bonds is 6. The molecule has 0 unspecified atom stereocenters. The maximum absolute atomic E-state index is 11.6. The molecule has 5 heterocycles. The lowest BCUT2D eigenvalue weighted by Crippen LogP contribution is -2.65. The summed E-state index contributed by atoms with van der Waals surface area (Å²) < 4.78 is 51.2. The van der Waals surface area contributed by atoms with E-state index in [2.05, 4.69) is 33.4 Å². The van der Waals surface area contributed by atoms with Gasteiger partial charge < -0.3 is 78.7 Å². The Labute approximate surface area is 358 Å². The fourth-order valence-corrected chi connectivity index (χ4v) is 13.8. The Bertz CT molecular complexity index is 1650. The molecule has 346 valence electrons. The lowest BCUT2D eigenvalue weighted by atomic mass is 9.46. The van der Waals surface area contributed by atoms with Crippen molar-refractivity contribution >= 4 is 0 Å². The molecule has 8 N–H and O–H groups in total. The molecule has 0 amide bonds. The lowest BCUT2D eigenvalue weighted by Gasteiger charge is -2.61. The van der Waals surface area contributed by atoms with Crippen molar-refractivity contribution in [1.29, 1.82) is 0 Å². The first-order valence-electron chi connectivity index (χ1n) is 22.8. The standard InChI is InChI=1S/C45H70O16/c1-18-10-13-45(54-17-18)19(2)30-28(61-45)16-27-25-9-8-23-14-24(58-40-37(52)34(49)31(46)20(3)55-40)15-29(44(23,7)26(25)11-12-43(27,30)6)59-42-39(36(51)33(48)22(5)57-42)60-41-38(53)35(50)32(47)21(4)56-41/h8,19-22,24-42,46-53H,1,9-17H2,2-7H3/t19-,20-,21-,22+,24+,25-,26-,27+,28-,29+,30-,31-,32-,33-,34+,35+,36-,37+,38+,39+,40-,41-,42-,43-,44-,45+/m0/s1. The van der Waals surface area contributed by atoms with Crippen LogP contribution in [0.4, 0.5) is 0 Å². The van der Waals surface area contributed by atoms with Crippen LogP contribution in [0.15, 0.2) is 23.8 Å². The molecule has 4 aliphatic carbocycles. The second-order valence-electron chi connectivity index (χ2n) is 20.7. The average molecular weight is 867 g/mol. The summed E-state index contributed by atoms with van der Waals surface area (Å²) in [5, 5.41) is 86.5. The topological polar surface area (TPSA) is 236 Å². The SMILES string of the molecule is C=C1CC[C@@]2(OC1)O[C@H]1C[C@@H]3[C@H]4CC=C5C[C@@H](O[C@@H]6O[C@@H](C)[C@H](O)[C@@H](O)[C@H]6O)C[C@@H](O[C@@H]6O[C@H](C)[C@H](O)[C@H](O)[C@H]6O[C@@H]6O[C@@H](C)[C@H](O)[C@@H](O)[C@H]6O)[C@]5(C)[C@H]4CC[C@]3(C)[C@H]1[C@@H]2C. The van der Waals surface area contributed by atoms with Crippen LogP contribution in [0.5, 0.6) is 0 Å². The van der Waals surface area contributed by atoms with Crippen LogP contribution < -0.4 is 0 Å². The Kier molecular flexibility index (Phi) is 12.0. The van der Waals surface area contributed by atoms with Crippen molar-refractivity contribution in [3.8, 4) is 0 Å². The van der Waals surface area contributed by atoms with Crippen molar-refractivity contribution in [3.05, 3.63) is 23.8 Å². The van der Waals surface area contributed by atoms with Crippen LogP contribution >= 0.6 is 0 Å².